The number of hydrogen-bond donors (Lipinski definition) is 0. The van der Waals surface area contributed by atoms with Gasteiger partial charge in [0.25, 0.3) is 0 Å². The fourth-order valence-corrected chi connectivity index (χ4v) is 7.02. The maximum atomic E-state index is 12.2. The van der Waals surface area contributed by atoms with Gasteiger partial charge in [-0.15, -0.1) is 0 Å². The Morgan fingerprint density at radius 2 is 0.927 bits per heavy atom. The number of ether oxygens (including phenoxy) is 1. The van der Waals surface area contributed by atoms with Crippen molar-refractivity contribution < 1.29 is 132 Å². The van der Waals surface area contributed by atoms with E-state index in [-0.39, 0.29) is 133 Å². The molecule has 0 N–H and O–H groups in total. The van der Waals surface area contributed by atoms with E-state index < -0.39 is 45.0 Å². The van der Waals surface area contributed by atoms with Gasteiger partial charge < -0.3 is 18.4 Å². The third kappa shape index (κ3) is 8.80. The van der Waals surface area contributed by atoms with Gasteiger partial charge in [-0.05, 0) is 24.6 Å². The molecule has 0 fully saturated rings. The summed E-state index contributed by atoms with van der Waals surface area (Å²) in [6.45, 7) is 2.33. The van der Waals surface area contributed by atoms with Gasteiger partial charge in [-0.2, -0.15) is 0 Å². The third-order valence-electron chi connectivity index (χ3n) is 6.56. The van der Waals surface area contributed by atoms with Gasteiger partial charge in [0.15, 0.2) is 0 Å². The molecule has 0 aliphatic carbocycles. The van der Waals surface area contributed by atoms with Crippen LogP contribution < -0.4 is 93.4 Å². The van der Waals surface area contributed by atoms with Crippen LogP contribution in [0.2, 0.25) is 0 Å². The second-order valence-electron chi connectivity index (χ2n) is 9.15. The summed E-state index contributed by atoms with van der Waals surface area (Å²) in [5.74, 6) is 0.0224. The first-order valence-corrected chi connectivity index (χ1v) is 16.3. The summed E-state index contributed by atoms with van der Waals surface area (Å²) in [4.78, 5) is -2.56. The molecular weight excluding hydrogens is 625 g/mol. The van der Waals surface area contributed by atoms with Crippen molar-refractivity contribution in [2.75, 3.05) is 6.61 Å². The number of hydrogen-bond acceptors (Lipinski definition) is 10. The zero-order chi connectivity index (χ0) is 27.9. The minimum Gasteiger partial charge on any atom is -0.744 e. The zero-order valence-corrected chi connectivity index (χ0v) is 31.9. The molecule has 0 heterocycles. The molecule has 0 aromatic heterocycles. The summed E-state index contributed by atoms with van der Waals surface area (Å²) in [5.41, 5.74) is 0. The van der Waals surface area contributed by atoms with Crippen molar-refractivity contribution in [3.05, 3.63) is 36.4 Å². The Morgan fingerprint density at radius 3 is 1.37 bits per heavy atom. The molecule has 0 saturated heterocycles. The van der Waals surface area contributed by atoms with Crippen LogP contribution in [-0.2, 0) is 30.4 Å². The Balaban J connectivity index is 0.00000280. The van der Waals surface area contributed by atoms with Crippen molar-refractivity contribution in [3.8, 4) is 5.75 Å². The largest absolute Gasteiger partial charge is 1.00 e. The third-order valence-corrected chi connectivity index (χ3v) is 9.19. The molecule has 0 atom stereocenters. The van der Waals surface area contributed by atoms with Crippen molar-refractivity contribution in [2.24, 2.45) is 0 Å². The van der Waals surface area contributed by atoms with Gasteiger partial charge in [0, 0.05) is 32.3 Å². The van der Waals surface area contributed by atoms with Crippen LogP contribution in [0, 0.1) is 0 Å². The fraction of sp³-hybridized carbons (Fsp3) is 0.360. The van der Waals surface area contributed by atoms with E-state index >= 15 is 0 Å². The van der Waals surface area contributed by atoms with Crippen LogP contribution in [0.1, 0.15) is 51.9 Å². The van der Waals surface area contributed by atoms with Crippen molar-refractivity contribution >= 4 is 62.7 Å². The molecule has 0 radical (unpaired) electrons. The maximum absolute atomic E-state index is 12.2. The van der Waals surface area contributed by atoms with Gasteiger partial charge >= 0.3 is 88.7 Å². The molecule has 41 heavy (non-hydrogen) atoms. The van der Waals surface area contributed by atoms with Crippen molar-refractivity contribution in [2.45, 2.75) is 66.6 Å². The summed E-state index contributed by atoms with van der Waals surface area (Å²) in [7, 11) is -15.6. The van der Waals surface area contributed by atoms with Crippen LogP contribution >= 0.6 is 0 Å². The summed E-state index contributed by atoms with van der Waals surface area (Å²) >= 11 is 0. The Hall–Kier alpha value is 0.450. The molecule has 0 aliphatic heterocycles. The van der Waals surface area contributed by atoms with Crippen LogP contribution in [0.3, 0.4) is 0 Å². The normalized spacial score (nSPS) is 12.2. The van der Waals surface area contributed by atoms with Crippen molar-refractivity contribution in [1.29, 1.82) is 0 Å². The van der Waals surface area contributed by atoms with E-state index in [4.69, 9.17) is 4.74 Å². The second kappa shape index (κ2) is 15.6. The summed E-state index contributed by atoms with van der Waals surface area (Å²) in [6.07, 6.45) is 7.05. The summed E-state index contributed by atoms with van der Waals surface area (Å²) in [6, 6.07) is 6.56. The van der Waals surface area contributed by atoms with E-state index in [1.54, 1.807) is 0 Å². The Bertz CT molecular complexity index is 1790. The van der Waals surface area contributed by atoms with E-state index in [0.29, 0.717) is 12.5 Å². The van der Waals surface area contributed by atoms with Crippen LogP contribution in [0.4, 0.5) is 0 Å². The zero-order valence-electron chi connectivity index (χ0n) is 23.4. The average Bonchev–Trinajstić information content (AvgIpc) is 2.82. The van der Waals surface area contributed by atoms with Crippen LogP contribution in [0.25, 0.3) is 32.3 Å². The molecule has 206 valence electrons. The van der Waals surface area contributed by atoms with Gasteiger partial charge in [0.1, 0.15) is 36.1 Å². The van der Waals surface area contributed by atoms with E-state index in [0.717, 1.165) is 50.7 Å². The standard InChI is InChI=1S/C25H28O10S3.3Na/c1-2-3-4-5-6-7-8-13-35-20-14-21(36(26,27)28)17-11-12-19-23(38(32,33)34)15-22(37(29,30)31)18-10-9-16(20)24(17)25(18)19;;;/h9-12,14-15H,2-8,13H2,1H3,(H,26,27,28)(H,29,30,31)(H,32,33,34);;;/q;3*+1/p-3. The molecule has 0 spiro atoms. The molecule has 0 bridgehead atoms. The van der Waals surface area contributed by atoms with Crippen molar-refractivity contribution in [3.63, 3.8) is 0 Å². The minimum absolute atomic E-state index is 0. The molecule has 4 aromatic carbocycles. The van der Waals surface area contributed by atoms with Gasteiger partial charge in [-0.3, -0.25) is 0 Å². The molecular formula is C25H25Na3O10S3. The molecule has 0 saturated carbocycles. The number of unbranched alkanes of at least 4 members (excludes halogenated alkanes) is 6. The molecule has 4 aromatic rings. The van der Waals surface area contributed by atoms with E-state index in [1.165, 1.54) is 18.2 Å². The fourth-order valence-electron chi connectivity index (χ4n) is 4.85. The van der Waals surface area contributed by atoms with E-state index in [9.17, 15) is 38.9 Å². The molecule has 0 aliphatic rings. The summed E-state index contributed by atoms with van der Waals surface area (Å²) in [5, 5.41) is -0.410. The Morgan fingerprint density at radius 1 is 0.561 bits per heavy atom. The molecule has 16 heteroatoms. The molecule has 0 amide bonds. The Labute approximate surface area is 306 Å². The smallest absolute Gasteiger partial charge is 0.744 e. The van der Waals surface area contributed by atoms with Gasteiger partial charge in [-0.1, -0.05) is 63.6 Å². The Kier molecular flexibility index (Phi) is 15.1. The van der Waals surface area contributed by atoms with E-state index in [2.05, 4.69) is 6.92 Å². The van der Waals surface area contributed by atoms with Gasteiger partial charge in [0.2, 0.25) is 0 Å². The van der Waals surface area contributed by atoms with Gasteiger partial charge in [-0.25, -0.2) is 25.3 Å². The first-order valence-electron chi connectivity index (χ1n) is 12.0. The van der Waals surface area contributed by atoms with Crippen molar-refractivity contribution in [1.82, 2.24) is 0 Å². The average molecular weight is 651 g/mol. The topological polar surface area (TPSA) is 181 Å². The molecule has 10 nitrogen and oxygen atoms in total. The quantitative estimate of drug-likeness (QED) is 0.0627. The number of rotatable bonds is 12. The first kappa shape index (κ1) is 39.5. The SMILES string of the molecule is CCCCCCCCCOc1cc(S(=O)(=O)[O-])c2ccc3c(S(=O)(=O)[O-])cc(S(=O)(=O)[O-])c4ccc1c2c43.[Na+].[Na+].[Na+]. The van der Waals surface area contributed by atoms with Crippen LogP contribution in [-0.4, -0.2) is 45.5 Å². The summed E-state index contributed by atoms with van der Waals surface area (Å²) < 4.78 is 114. The van der Waals surface area contributed by atoms with Crippen LogP contribution in [0.15, 0.2) is 51.1 Å². The monoisotopic (exact) mass is 650 g/mol. The first-order chi connectivity index (χ1) is 17.7. The second-order valence-corrected chi connectivity index (χ2v) is 13.2. The maximum Gasteiger partial charge on any atom is 1.00 e. The predicted octanol–water partition coefficient (Wildman–Crippen LogP) is -4.56. The number of benzene rings is 4. The minimum atomic E-state index is -5.25. The molecule has 4 rings (SSSR count). The van der Waals surface area contributed by atoms with E-state index in [1.807, 2.05) is 0 Å². The molecule has 0 unspecified atom stereocenters. The van der Waals surface area contributed by atoms with Gasteiger partial charge in [0.05, 0.1) is 21.3 Å². The van der Waals surface area contributed by atoms with Crippen LogP contribution in [0.5, 0.6) is 5.75 Å². The predicted molar refractivity (Wildman–Crippen MR) is 138 cm³/mol.